The Bertz CT molecular complexity index is 1140. The van der Waals surface area contributed by atoms with E-state index in [0.29, 0.717) is 17.9 Å². The molecule has 0 N–H and O–H groups in total. The van der Waals surface area contributed by atoms with Crippen LogP contribution >= 0.6 is 0 Å². The van der Waals surface area contributed by atoms with E-state index in [2.05, 4.69) is 11.0 Å². The van der Waals surface area contributed by atoms with Gasteiger partial charge in [-0.1, -0.05) is 54.6 Å². The third-order valence-electron chi connectivity index (χ3n) is 5.42. The van der Waals surface area contributed by atoms with E-state index < -0.39 is 0 Å². The van der Waals surface area contributed by atoms with Crippen molar-refractivity contribution in [2.24, 2.45) is 0 Å². The summed E-state index contributed by atoms with van der Waals surface area (Å²) in [6, 6.07) is 21.7. The number of methoxy groups -OCH3 is 1. The first-order valence-corrected chi connectivity index (χ1v) is 11.4. The molecule has 0 radical (unpaired) electrons. The number of rotatable bonds is 11. The van der Waals surface area contributed by atoms with Gasteiger partial charge in [0.05, 0.1) is 12.7 Å². The summed E-state index contributed by atoms with van der Waals surface area (Å²) >= 11 is 0. The Labute approximate surface area is 203 Å². The second kappa shape index (κ2) is 12.2. The Morgan fingerprint density at radius 3 is 2.35 bits per heavy atom. The molecule has 0 aliphatic carbocycles. The highest BCUT2D eigenvalue weighted by Crippen LogP contribution is 2.33. The van der Waals surface area contributed by atoms with Crippen LogP contribution in [0.4, 0.5) is 0 Å². The standard InChI is InChI=1S/C29H34N2O3/c1-30(2)18-19-34-29-17-15-23(25-12-8-9-13-28(25)33-5)20-26(29)27(32)16-14-22-10-6-7-11-24(22)21-31(3)4/h6-17,20H,18-19,21H2,1-5H3. The van der Waals surface area contributed by atoms with Gasteiger partial charge < -0.3 is 19.3 Å². The first-order valence-electron chi connectivity index (χ1n) is 11.4. The minimum absolute atomic E-state index is 0.101. The molecule has 0 unspecified atom stereocenters. The molecule has 0 heterocycles. The lowest BCUT2D eigenvalue weighted by Gasteiger charge is -2.15. The van der Waals surface area contributed by atoms with Crippen LogP contribution in [0, 0.1) is 0 Å². The fourth-order valence-corrected chi connectivity index (χ4v) is 3.67. The van der Waals surface area contributed by atoms with Crippen LogP contribution < -0.4 is 9.47 Å². The van der Waals surface area contributed by atoms with Gasteiger partial charge in [-0.3, -0.25) is 4.79 Å². The van der Waals surface area contributed by atoms with Crippen LogP contribution in [0.15, 0.2) is 72.8 Å². The molecule has 5 nitrogen and oxygen atoms in total. The van der Waals surface area contributed by atoms with Crippen LogP contribution in [0.3, 0.4) is 0 Å². The number of ketones is 1. The molecule has 0 aliphatic heterocycles. The van der Waals surface area contributed by atoms with Crippen LogP contribution in [0.2, 0.25) is 0 Å². The number of para-hydroxylation sites is 1. The second-order valence-corrected chi connectivity index (χ2v) is 8.70. The first kappa shape index (κ1) is 25.2. The lowest BCUT2D eigenvalue weighted by Crippen LogP contribution is -2.20. The second-order valence-electron chi connectivity index (χ2n) is 8.70. The summed E-state index contributed by atoms with van der Waals surface area (Å²) in [6.07, 6.45) is 3.52. The van der Waals surface area contributed by atoms with Crippen LogP contribution in [0.1, 0.15) is 21.5 Å². The van der Waals surface area contributed by atoms with Gasteiger partial charge in [0.2, 0.25) is 0 Å². The molecular weight excluding hydrogens is 424 g/mol. The molecule has 0 saturated heterocycles. The summed E-state index contributed by atoms with van der Waals surface area (Å²) in [5.74, 6) is 1.24. The average molecular weight is 459 g/mol. The molecule has 0 atom stereocenters. The smallest absolute Gasteiger partial charge is 0.189 e. The van der Waals surface area contributed by atoms with Crippen LogP contribution in [-0.2, 0) is 6.54 Å². The Morgan fingerprint density at radius 1 is 0.882 bits per heavy atom. The van der Waals surface area contributed by atoms with Crippen molar-refractivity contribution < 1.29 is 14.3 Å². The van der Waals surface area contributed by atoms with Gasteiger partial charge in [0, 0.05) is 18.7 Å². The predicted molar refractivity (Wildman–Crippen MR) is 140 cm³/mol. The molecule has 0 bridgehead atoms. The van der Waals surface area contributed by atoms with E-state index >= 15 is 0 Å². The minimum Gasteiger partial charge on any atom is -0.496 e. The SMILES string of the molecule is COc1ccccc1-c1ccc(OCCN(C)C)c(C(=O)C=Cc2ccccc2CN(C)C)c1. The summed E-state index contributed by atoms with van der Waals surface area (Å²) in [5, 5.41) is 0. The zero-order valence-corrected chi connectivity index (χ0v) is 20.7. The zero-order chi connectivity index (χ0) is 24.5. The van der Waals surface area contributed by atoms with Crippen molar-refractivity contribution >= 4 is 11.9 Å². The highest BCUT2D eigenvalue weighted by atomic mass is 16.5. The lowest BCUT2D eigenvalue weighted by atomic mass is 9.98. The number of ether oxygens (including phenoxy) is 2. The molecule has 0 fully saturated rings. The van der Waals surface area contributed by atoms with Crippen molar-refractivity contribution in [3.8, 4) is 22.6 Å². The number of nitrogens with zero attached hydrogens (tertiary/aromatic N) is 2. The quantitative estimate of drug-likeness (QED) is 0.290. The van der Waals surface area contributed by atoms with E-state index in [1.54, 1.807) is 13.2 Å². The molecule has 0 aliphatic rings. The summed E-state index contributed by atoms with van der Waals surface area (Å²) < 4.78 is 11.5. The number of hydrogen-bond donors (Lipinski definition) is 0. The third kappa shape index (κ3) is 6.80. The highest BCUT2D eigenvalue weighted by molar-refractivity contribution is 6.09. The molecule has 34 heavy (non-hydrogen) atoms. The van der Waals surface area contributed by atoms with Crippen molar-refractivity contribution in [2.45, 2.75) is 6.54 Å². The predicted octanol–water partition coefficient (Wildman–Crippen LogP) is 5.26. The van der Waals surface area contributed by atoms with Crippen molar-refractivity contribution in [3.63, 3.8) is 0 Å². The van der Waals surface area contributed by atoms with E-state index in [0.717, 1.165) is 35.5 Å². The molecule has 3 aromatic rings. The monoisotopic (exact) mass is 458 g/mol. The molecule has 0 amide bonds. The van der Waals surface area contributed by atoms with E-state index in [4.69, 9.17) is 9.47 Å². The molecule has 0 spiro atoms. The topological polar surface area (TPSA) is 42.0 Å². The van der Waals surface area contributed by atoms with Gasteiger partial charge in [-0.2, -0.15) is 0 Å². The van der Waals surface area contributed by atoms with Gasteiger partial charge in [-0.25, -0.2) is 0 Å². The number of allylic oxidation sites excluding steroid dienone is 1. The Morgan fingerprint density at radius 2 is 1.62 bits per heavy atom. The third-order valence-corrected chi connectivity index (χ3v) is 5.42. The van der Waals surface area contributed by atoms with Crippen molar-refractivity contribution in [3.05, 3.63) is 89.5 Å². The lowest BCUT2D eigenvalue weighted by molar-refractivity contribution is 0.104. The maximum absolute atomic E-state index is 13.4. The average Bonchev–Trinajstić information content (AvgIpc) is 2.83. The van der Waals surface area contributed by atoms with Crippen LogP contribution in [0.5, 0.6) is 11.5 Å². The fourth-order valence-electron chi connectivity index (χ4n) is 3.67. The fraction of sp³-hybridized carbons (Fsp3) is 0.276. The van der Waals surface area contributed by atoms with Gasteiger partial charge >= 0.3 is 0 Å². The Kier molecular flexibility index (Phi) is 9.02. The molecule has 3 rings (SSSR count). The van der Waals surface area contributed by atoms with Crippen molar-refractivity contribution in [1.82, 2.24) is 9.80 Å². The zero-order valence-electron chi connectivity index (χ0n) is 20.7. The summed E-state index contributed by atoms with van der Waals surface area (Å²) in [7, 11) is 9.71. The maximum Gasteiger partial charge on any atom is 0.189 e. The van der Waals surface area contributed by atoms with E-state index in [1.165, 1.54) is 5.56 Å². The Hall–Kier alpha value is -3.41. The van der Waals surface area contributed by atoms with Gasteiger partial charge in [0.1, 0.15) is 18.1 Å². The molecule has 5 heteroatoms. The van der Waals surface area contributed by atoms with Crippen molar-refractivity contribution in [1.29, 1.82) is 0 Å². The summed E-state index contributed by atoms with van der Waals surface area (Å²) in [6.45, 7) is 2.06. The number of benzene rings is 3. The largest absolute Gasteiger partial charge is 0.496 e. The van der Waals surface area contributed by atoms with Crippen LogP contribution in [0.25, 0.3) is 17.2 Å². The molecule has 0 aromatic heterocycles. The van der Waals surface area contributed by atoms with E-state index in [1.807, 2.05) is 99.8 Å². The van der Waals surface area contributed by atoms with Crippen molar-refractivity contribution in [2.75, 3.05) is 48.5 Å². The van der Waals surface area contributed by atoms with E-state index in [-0.39, 0.29) is 5.78 Å². The summed E-state index contributed by atoms with van der Waals surface area (Å²) in [4.78, 5) is 17.5. The highest BCUT2D eigenvalue weighted by Gasteiger charge is 2.15. The first-order chi connectivity index (χ1) is 16.4. The Balaban J connectivity index is 1.96. The number of carbonyl (C=O) groups excluding carboxylic acids is 1. The number of carbonyl (C=O) groups is 1. The van der Waals surface area contributed by atoms with Crippen LogP contribution in [-0.4, -0.2) is 64.0 Å². The van der Waals surface area contributed by atoms with Gasteiger partial charge in [0.15, 0.2) is 5.78 Å². The number of hydrogen-bond acceptors (Lipinski definition) is 5. The number of likely N-dealkylation sites (N-methyl/N-ethyl adjacent to an activating group) is 1. The van der Waals surface area contributed by atoms with Gasteiger partial charge in [-0.05, 0) is 69.2 Å². The van der Waals surface area contributed by atoms with Gasteiger partial charge in [-0.15, -0.1) is 0 Å². The molecular formula is C29H34N2O3. The molecule has 178 valence electrons. The molecule has 0 saturated carbocycles. The summed E-state index contributed by atoms with van der Waals surface area (Å²) in [5.41, 5.74) is 4.56. The maximum atomic E-state index is 13.4. The normalized spacial score (nSPS) is 11.4. The van der Waals surface area contributed by atoms with E-state index in [9.17, 15) is 4.79 Å². The van der Waals surface area contributed by atoms with Gasteiger partial charge in [0.25, 0.3) is 0 Å². The molecule has 3 aromatic carbocycles. The minimum atomic E-state index is -0.101.